The molecular weight excluding hydrogens is 311 g/mol. The first-order chi connectivity index (χ1) is 8.07. The summed E-state index contributed by atoms with van der Waals surface area (Å²) < 4.78 is 1.10. The van der Waals surface area contributed by atoms with Gasteiger partial charge in [0.25, 0.3) is 0 Å². The molecule has 0 unspecified atom stereocenters. The summed E-state index contributed by atoms with van der Waals surface area (Å²) in [6, 6.07) is 11.4. The fourth-order valence-corrected chi connectivity index (χ4v) is 14.0. The third-order valence-corrected chi connectivity index (χ3v) is 13.2. The second-order valence-electron chi connectivity index (χ2n) is 7.16. The summed E-state index contributed by atoms with van der Waals surface area (Å²) in [5, 5.41) is 0. The molecule has 2 aliphatic carbocycles. The number of hydrogen-bond acceptors (Lipinski definition) is 0. The minimum absolute atomic E-state index is 0.922. The predicted molar refractivity (Wildman–Crippen MR) is 77.1 cm³/mol. The van der Waals surface area contributed by atoms with E-state index in [0.29, 0.717) is 0 Å². The van der Waals surface area contributed by atoms with Crippen LogP contribution in [0.5, 0.6) is 0 Å². The van der Waals surface area contributed by atoms with Gasteiger partial charge in [0.1, 0.15) is 0 Å². The molecule has 1 aromatic carbocycles. The van der Waals surface area contributed by atoms with Crippen LogP contribution in [0, 0.1) is 11.8 Å². The summed E-state index contributed by atoms with van der Waals surface area (Å²) in [6.45, 7) is 0. The van der Waals surface area contributed by atoms with E-state index in [9.17, 15) is 0 Å². The van der Waals surface area contributed by atoms with Gasteiger partial charge < -0.3 is 0 Å². The van der Waals surface area contributed by atoms with Crippen molar-refractivity contribution in [3.8, 4) is 0 Å². The molecule has 17 heavy (non-hydrogen) atoms. The number of rotatable bonds is 2. The van der Waals surface area contributed by atoms with Gasteiger partial charge in [0.15, 0.2) is 0 Å². The zero-order valence-electron chi connectivity index (χ0n) is 11.3. The van der Waals surface area contributed by atoms with Crippen molar-refractivity contribution in [1.29, 1.82) is 0 Å². The van der Waals surface area contributed by atoms with Gasteiger partial charge in [-0.3, -0.25) is 0 Å². The molecule has 2 bridgehead atoms. The van der Waals surface area contributed by atoms with E-state index in [1.807, 2.05) is 0 Å². The monoisotopic (exact) mass is 336 g/mol. The van der Waals surface area contributed by atoms with E-state index in [2.05, 4.69) is 45.2 Å². The van der Waals surface area contributed by atoms with Crippen molar-refractivity contribution in [2.24, 2.45) is 11.8 Å². The Kier molecular flexibility index (Phi) is 3.05. The van der Waals surface area contributed by atoms with Gasteiger partial charge >= 0.3 is 110 Å². The minimum atomic E-state index is -1.78. The van der Waals surface area contributed by atoms with Gasteiger partial charge in [-0.05, 0) is 0 Å². The number of benzene rings is 1. The maximum absolute atomic E-state index is 2.65. The molecule has 0 saturated heterocycles. The summed E-state index contributed by atoms with van der Waals surface area (Å²) in [4.78, 5) is 7.95. The first kappa shape index (κ1) is 12.1. The van der Waals surface area contributed by atoms with Crippen LogP contribution in [0.1, 0.15) is 30.7 Å². The van der Waals surface area contributed by atoms with Crippen LogP contribution in [0.25, 0.3) is 0 Å². The zero-order chi connectivity index (χ0) is 12.0. The number of fused-ring (bicyclic) bond motifs is 2. The molecule has 2 fully saturated rings. The SMILES string of the molecule is [CH3][Sn]([CH3])([CH3])[C@@H]1[C@H]2CC[C@H](C2)[C@@H]1c1ccccc1. The second-order valence-corrected chi connectivity index (χ2v) is 22.6. The average molecular weight is 335 g/mol. The Balaban J connectivity index is 1.97. The Morgan fingerprint density at radius 3 is 2.24 bits per heavy atom. The third-order valence-electron chi connectivity index (χ3n) is 5.10. The molecule has 4 atom stereocenters. The standard InChI is InChI=1S/C13H15.3CH3.Sn/c1-2-4-11(5-3-1)13-9-10-6-7-12(13)8-10;;;;/h1-5,9-10,12-13H,6-8H2;3*1H3;/t10-,12+,13-;;;;/m0..../s1. The Labute approximate surface area is 110 Å². The third kappa shape index (κ3) is 2.07. The van der Waals surface area contributed by atoms with Crippen LogP contribution < -0.4 is 0 Å². The molecule has 0 amide bonds. The zero-order valence-corrected chi connectivity index (χ0v) is 14.2. The van der Waals surface area contributed by atoms with E-state index >= 15 is 0 Å². The first-order valence-corrected chi connectivity index (χ1v) is 17.3. The van der Waals surface area contributed by atoms with Crippen molar-refractivity contribution < 1.29 is 0 Å². The van der Waals surface area contributed by atoms with Gasteiger partial charge in [-0.1, -0.05) is 0 Å². The molecule has 0 nitrogen and oxygen atoms in total. The van der Waals surface area contributed by atoms with Gasteiger partial charge in [-0.15, -0.1) is 0 Å². The summed E-state index contributed by atoms with van der Waals surface area (Å²) in [7, 11) is 0. The van der Waals surface area contributed by atoms with Crippen molar-refractivity contribution >= 4 is 18.4 Å². The van der Waals surface area contributed by atoms with Crippen LogP contribution in [-0.2, 0) is 0 Å². The van der Waals surface area contributed by atoms with E-state index in [4.69, 9.17) is 0 Å². The molecule has 2 aliphatic rings. The predicted octanol–water partition coefficient (Wildman–Crippen LogP) is 4.91. The topological polar surface area (TPSA) is 0 Å². The summed E-state index contributed by atoms with van der Waals surface area (Å²) >= 11 is -1.78. The van der Waals surface area contributed by atoms with E-state index in [1.165, 1.54) is 12.8 Å². The molecule has 0 aromatic heterocycles. The van der Waals surface area contributed by atoms with Crippen LogP contribution in [0.15, 0.2) is 30.3 Å². The normalized spacial score (nSPS) is 36.4. The van der Waals surface area contributed by atoms with Crippen molar-refractivity contribution in [1.82, 2.24) is 0 Å². The van der Waals surface area contributed by atoms with Crippen molar-refractivity contribution in [2.75, 3.05) is 0 Å². The molecule has 0 N–H and O–H groups in total. The maximum atomic E-state index is 2.65. The Bertz CT molecular complexity index is 390. The van der Waals surface area contributed by atoms with Crippen LogP contribution >= 0.6 is 0 Å². The van der Waals surface area contributed by atoms with Gasteiger partial charge in [0.05, 0.1) is 0 Å². The summed E-state index contributed by atoms with van der Waals surface area (Å²) in [6.07, 6.45) is 4.58. The van der Waals surface area contributed by atoms with Crippen molar-refractivity contribution in [3.63, 3.8) is 0 Å². The fraction of sp³-hybridized carbons (Fsp3) is 0.625. The molecule has 92 valence electrons. The van der Waals surface area contributed by atoms with E-state index in [-0.39, 0.29) is 0 Å². The molecule has 3 rings (SSSR count). The summed E-state index contributed by atoms with van der Waals surface area (Å²) in [5.74, 6) is 3.02. The van der Waals surface area contributed by atoms with Crippen LogP contribution in [0.4, 0.5) is 0 Å². The Morgan fingerprint density at radius 1 is 0.941 bits per heavy atom. The van der Waals surface area contributed by atoms with E-state index in [0.717, 1.165) is 21.7 Å². The van der Waals surface area contributed by atoms with Gasteiger partial charge in [-0.25, -0.2) is 0 Å². The quantitative estimate of drug-likeness (QED) is 0.674. The molecule has 0 spiro atoms. The van der Waals surface area contributed by atoms with Gasteiger partial charge in [-0.2, -0.15) is 0 Å². The van der Waals surface area contributed by atoms with Crippen LogP contribution in [0.3, 0.4) is 0 Å². The molecule has 0 aliphatic heterocycles. The molecule has 0 heterocycles. The van der Waals surface area contributed by atoms with E-state index in [1.54, 1.807) is 12.0 Å². The Morgan fingerprint density at radius 2 is 1.59 bits per heavy atom. The fourth-order valence-electron chi connectivity index (χ4n) is 4.69. The molecule has 1 heteroatoms. The average Bonchev–Trinajstić information content (AvgIpc) is 2.88. The van der Waals surface area contributed by atoms with Gasteiger partial charge in [0, 0.05) is 0 Å². The molecule has 2 saturated carbocycles. The second kappa shape index (κ2) is 4.29. The van der Waals surface area contributed by atoms with E-state index < -0.39 is 18.4 Å². The van der Waals surface area contributed by atoms with Crippen LogP contribution in [0.2, 0.25) is 18.8 Å². The van der Waals surface area contributed by atoms with Gasteiger partial charge in [0.2, 0.25) is 0 Å². The first-order valence-electron chi connectivity index (χ1n) is 7.12. The van der Waals surface area contributed by atoms with Crippen LogP contribution in [-0.4, -0.2) is 18.4 Å². The molecule has 0 radical (unpaired) electrons. The van der Waals surface area contributed by atoms with Crippen molar-refractivity contribution in [2.45, 2.75) is 43.9 Å². The van der Waals surface area contributed by atoms with Crippen molar-refractivity contribution in [3.05, 3.63) is 35.9 Å². The molecule has 1 aromatic rings. The summed E-state index contributed by atoms with van der Waals surface area (Å²) in [5.41, 5.74) is 1.65. The number of hydrogen-bond donors (Lipinski definition) is 0. The molecular formula is C16H24Sn. The Hall–Kier alpha value is 0.0187.